The van der Waals surface area contributed by atoms with Gasteiger partial charge in [0.05, 0.1) is 5.56 Å². The van der Waals surface area contributed by atoms with Crippen molar-refractivity contribution in [2.24, 2.45) is 0 Å². The van der Waals surface area contributed by atoms with Gasteiger partial charge in [-0.15, -0.1) is 0 Å². The summed E-state index contributed by atoms with van der Waals surface area (Å²) in [5, 5.41) is -0.431. The van der Waals surface area contributed by atoms with Gasteiger partial charge >= 0.3 is 12.1 Å². The Morgan fingerprint density at radius 1 is 1.26 bits per heavy atom. The number of aryl methyl sites for hydroxylation is 1. The highest BCUT2D eigenvalue weighted by Crippen LogP contribution is 2.38. The van der Waals surface area contributed by atoms with E-state index in [2.05, 4.69) is 9.72 Å². The van der Waals surface area contributed by atoms with Crippen molar-refractivity contribution in [3.8, 4) is 5.75 Å². The second-order valence-corrected chi connectivity index (χ2v) is 6.69. The lowest BCUT2D eigenvalue weighted by Crippen LogP contribution is -2.36. The summed E-state index contributed by atoms with van der Waals surface area (Å²) in [6.45, 7) is -2.67. The number of benzene rings is 1. The first-order valence-electron chi connectivity index (χ1n) is 7.85. The number of fused-ring (bicyclic) bond motifs is 1. The molecule has 2 aromatic rings. The molecule has 1 aromatic heterocycles. The topological polar surface area (TPSA) is 42.4 Å². The standard InChI is InChI=1S/C17H13F5N2O2S/c18-16(19)26-11-5-6-13-10(9-11)3-2-8-24(13)15(25)12-4-1-7-23-14(12)27-17(20,21)22/h1,4-7,9,16H,2-3,8H2. The third-order valence-corrected chi connectivity index (χ3v) is 4.60. The number of alkyl halides is 5. The lowest BCUT2D eigenvalue weighted by Gasteiger charge is -2.30. The maximum Gasteiger partial charge on any atom is 0.447 e. The average molecular weight is 404 g/mol. The zero-order valence-electron chi connectivity index (χ0n) is 13.7. The second-order valence-electron chi connectivity index (χ2n) is 5.63. The van der Waals surface area contributed by atoms with E-state index in [4.69, 9.17) is 0 Å². The van der Waals surface area contributed by atoms with E-state index in [-0.39, 0.29) is 11.3 Å². The van der Waals surface area contributed by atoms with Crippen LogP contribution in [0.25, 0.3) is 0 Å². The lowest BCUT2D eigenvalue weighted by molar-refractivity contribution is -0.0499. The SMILES string of the molecule is O=C(c1cccnc1SC(F)(F)F)N1CCCc2cc(OC(F)F)ccc21. The average Bonchev–Trinajstić information content (AvgIpc) is 2.59. The number of hydrogen-bond acceptors (Lipinski definition) is 4. The summed E-state index contributed by atoms with van der Waals surface area (Å²) in [7, 11) is 0. The molecule has 144 valence electrons. The number of hydrogen-bond donors (Lipinski definition) is 0. The van der Waals surface area contributed by atoms with Crippen LogP contribution in [0.5, 0.6) is 5.75 Å². The minimum Gasteiger partial charge on any atom is -0.435 e. The molecule has 0 bridgehead atoms. The number of carbonyl (C=O) groups excluding carboxylic acids is 1. The van der Waals surface area contributed by atoms with E-state index >= 15 is 0 Å². The first-order chi connectivity index (χ1) is 12.7. The van der Waals surface area contributed by atoms with Gasteiger partial charge in [0.15, 0.2) is 0 Å². The number of halogens is 5. The number of carbonyl (C=O) groups is 1. The van der Waals surface area contributed by atoms with Crippen LogP contribution < -0.4 is 9.64 Å². The third-order valence-electron chi connectivity index (χ3n) is 3.85. The van der Waals surface area contributed by atoms with E-state index in [1.54, 1.807) is 0 Å². The summed E-state index contributed by atoms with van der Waals surface area (Å²) in [5.74, 6) is -0.661. The molecule has 4 nitrogen and oxygen atoms in total. The molecule has 10 heteroatoms. The molecule has 1 aromatic carbocycles. The minimum absolute atomic E-state index is 0.0345. The Bertz CT molecular complexity index is 844. The van der Waals surface area contributed by atoms with Crippen LogP contribution in [-0.4, -0.2) is 29.6 Å². The van der Waals surface area contributed by atoms with Crippen LogP contribution in [0.3, 0.4) is 0 Å². The molecule has 0 unspecified atom stereocenters. The maximum absolute atomic E-state index is 12.9. The van der Waals surface area contributed by atoms with Gasteiger partial charge in [-0.1, -0.05) is 0 Å². The Labute approximate surface area is 155 Å². The van der Waals surface area contributed by atoms with E-state index in [0.29, 0.717) is 30.6 Å². The molecule has 0 atom stereocenters. The Hall–Kier alpha value is -2.36. The van der Waals surface area contributed by atoms with E-state index in [9.17, 15) is 26.7 Å². The fourth-order valence-electron chi connectivity index (χ4n) is 2.85. The molecular weight excluding hydrogens is 391 g/mol. The zero-order chi connectivity index (χ0) is 19.6. The number of thioether (sulfide) groups is 1. The molecular formula is C17H13F5N2O2S. The molecule has 0 N–H and O–H groups in total. The highest BCUT2D eigenvalue weighted by atomic mass is 32.2. The van der Waals surface area contributed by atoms with E-state index in [1.165, 1.54) is 41.4 Å². The molecule has 0 fully saturated rings. The number of aromatic nitrogens is 1. The smallest absolute Gasteiger partial charge is 0.435 e. The van der Waals surface area contributed by atoms with Crippen LogP contribution in [0.1, 0.15) is 22.3 Å². The zero-order valence-corrected chi connectivity index (χ0v) is 14.5. The van der Waals surface area contributed by atoms with Crippen molar-refractivity contribution in [2.75, 3.05) is 11.4 Å². The van der Waals surface area contributed by atoms with E-state index < -0.39 is 34.8 Å². The molecule has 0 spiro atoms. The molecule has 1 amide bonds. The maximum atomic E-state index is 12.9. The van der Waals surface area contributed by atoms with Gasteiger partial charge in [-0.2, -0.15) is 22.0 Å². The van der Waals surface area contributed by atoms with Crippen LogP contribution in [0.2, 0.25) is 0 Å². The summed E-state index contributed by atoms with van der Waals surface area (Å²) in [4.78, 5) is 17.9. The number of nitrogens with zero attached hydrogens (tertiary/aromatic N) is 2. The van der Waals surface area contributed by atoms with Crippen LogP contribution in [0.15, 0.2) is 41.6 Å². The van der Waals surface area contributed by atoms with E-state index in [1.807, 2.05) is 0 Å². The van der Waals surface area contributed by atoms with Gasteiger partial charge in [0.2, 0.25) is 0 Å². The fraction of sp³-hybridized carbons (Fsp3) is 0.294. The molecule has 0 saturated carbocycles. The second kappa shape index (κ2) is 7.71. The molecule has 0 aliphatic carbocycles. The van der Waals surface area contributed by atoms with Gasteiger partial charge in [-0.3, -0.25) is 4.79 Å². The van der Waals surface area contributed by atoms with Crippen molar-refractivity contribution in [3.63, 3.8) is 0 Å². The molecule has 0 saturated heterocycles. The van der Waals surface area contributed by atoms with Gasteiger partial charge < -0.3 is 9.64 Å². The monoisotopic (exact) mass is 404 g/mol. The summed E-state index contributed by atoms with van der Waals surface area (Å²) in [6.07, 6.45) is 2.26. The van der Waals surface area contributed by atoms with Crippen LogP contribution in [-0.2, 0) is 6.42 Å². The quantitative estimate of drug-likeness (QED) is 0.538. The predicted molar refractivity (Wildman–Crippen MR) is 89.2 cm³/mol. The number of anilines is 1. The minimum atomic E-state index is -4.58. The van der Waals surface area contributed by atoms with Gasteiger partial charge in [0.25, 0.3) is 5.91 Å². The molecule has 27 heavy (non-hydrogen) atoms. The van der Waals surface area contributed by atoms with Crippen molar-refractivity contribution >= 4 is 23.4 Å². The van der Waals surface area contributed by atoms with Gasteiger partial charge in [0, 0.05) is 30.2 Å². The number of amides is 1. The highest BCUT2D eigenvalue weighted by molar-refractivity contribution is 8.00. The van der Waals surface area contributed by atoms with Crippen molar-refractivity contribution in [1.82, 2.24) is 4.98 Å². The van der Waals surface area contributed by atoms with Gasteiger partial charge in [0.1, 0.15) is 10.8 Å². The predicted octanol–water partition coefficient (Wildman–Crippen LogP) is 4.89. The van der Waals surface area contributed by atoms with Crippen molar-refractivity contribution in [2.45, 2.75) is 30.0 Å². The summed E-state index contributed by atoms with van der Waals surface area (Å²) >= 11 is -0.452. The Kier molecular flexibility index (Phi) is 5.54. The van der Waals surface area contributed by atoms with Crippen LogP contribution in [0.4, 0.5) is 27.6 Å². The first-order valence-corrected chi connectivity index (χ1v) is 8.66. The number of ether oxygens (including phenoxy) is 1. The Morgan fingerprint density at radius 2 is 2.04 bits per heavy atom. The summed E-state index contributed by atoms with van der Waals surface area (Å²) in [5.41, 5.74) is -3.67. The first kappa shape index (κ1) is 19.4. The molecule has 2 heterocycles. The lowest BCUT2D eigenvalue weighted by atomic mass is 10.0. The van der Waals surface area contributed by atoms with Crippen LogP contribution >= 0.6 is 11.8 Å². The normalized spacial score (nSPS) is 14.2. The largest absolute Gasteiger partial charge is 0.447 e. The van der Waals surface area contributed by atoms with Gasteiger partial charge in [-0.25, -0.2) is 4.98 Å². The molecule has 0 radical (unpaired) electrons. The fourth-order valence-corrected chi connectivity index (χ4v) is 3.45. The molecule has 1 aliphatic rings. The number of pyridine rings is 1. The molecule has 3 rings (SSSR count). The van der Waals surface area contributed by atoms with Crippen molar-refractivity contribution in [1.29, 1.82) is 0 Å². The van der Waals surface area contributed by atoms with Crippen molar-refractivity contribution < 1.29 is 31.5 Å². The van der Waals surface area contributed by atoms with Crippen molar-refractivity contribution in [3.05, 3.63) is 47.7 Å². The Morgan fingerprint density at radius 3 is 2.74 bits per heavy atom. The third kappa shape index (κ3) is 4.68. The highest BCUT2D eigenvalue weighted by Gasteiger charge is 2.34. The van der Waals surface area contributed by atoms with Crippen LogP contribution in [0, 0.1) is 0 Å². The van der Waals surface area contributed by atoms with Gasteiger partial charge in [-0.05, 0) is 48.7 Å². The number of rotatable bonds is 4. The summed E-state index contributed by atoms with van der Waals surface area (Å²) in [6, 6.07) is 6.84. The Balaban J connectivity index is 1.92. The summed E-state index contributed by atoms with van der Waals surface area (Å²) < 4.78 is 67.3. The van der Waals surface area contributed by atoms with E-state index in [0.717, 1.165) is 0 Å². The molecule has 1 aliphatic heterocycles.